The molecule has 5 nitrogen and oxygen atoms in total. The van der Waals surface area contributed by atoms with Crippen LogP contribution in [0.25, 0.3) is 0 Å². The van der Waals surface area contributed by atoms with E-state index in [4.69, 9.17) is 0 Å². The van der Waals surface area contributed by atoms with Gasteiger partial charge in [0.25, 0.3) is 11.8 Å². The number of nitrogens with one attached hydrogen (secondary N) is 1. The summed E-state index contributed by atoms with van der Waals surface area (Å²) in [5.74, 6) is -0.780. The Balaban J connectivity index is 1.99. The van der Waals surface area contributed by atoms with Gasteiger partial charge in [-0.3, -0.25) is 19.3 Å². The average molecular weight is 260 g/mol. The zero-order valence-electron chi connectivity index (χ0n) is 11.0. The van der Waals surface area contributed by atoms with Gasteiger partial charge in [0, 0.05) is 19.0 Å². The summed E-state index contributed by atoms with van der Waals surface area (Å²) in [6.07, 6.45) is 0. The van der Waals surface area contributed by atoms with E-state index in [2.05, 4.69) is 5.32 Å². The lowest BCUT2D eigenvalue weighted by molar-refractivity contribution is -0.124. The summed E-state index contributed by atoms with van der Waals surface area (Å²) in [6.45, 7) is 4.06. The second kappa shape index (κ2) is 5.22. The molecule has 0 aliphatic carbocycles. The van der Waals surface area contributed by atoms with Crippen molar-refractivity contribution in [1.82, 2.24) is 10.2 Å². The van der Waals surface area contributed by atoms with Crippen LogP contribution in [0.15, 0.2) is 24.3 Å². The van der Waals surface area contributed by atoms with Crippen LogP contribution in [0.4, 0.5) is 0 Å². The van der Waals surface area contributed by atoms with Gasteiger partial charge < -0.3 is 5.32 Å². The quantitative estimate of drug-likeness (QED) is 0.823. The lowest BCUT2D eigenvalue weighted by Gasteiger charge is -2.14. The van der Waals surface area contributed by atoms with Gasteiger partial charge >= 0.3 is 0 Å². The van der Waals surface area contributed by atoms with Gasteiger partial charge in [0.15, 0.2) is 0 Å². The van der Waals surface area contributed by atoms with E-state index in [9.17, 15) is 14.4 Å². The van der Waals surface area contributed by atoms with Crippen molar-refractivity contribution in [2.45, 2.75) is 13.8 Å². The van der Waals surface area contributed by atoms with Crippen LogP contribution in [-0.2, 0) is 4.79 Å². The Kier molecular flexibility index (Phi) is 3.64. The molecule has 1 N–H and O–H groups in total. The number of benzene rings is 1. The molecule has 0 atom stereocenters. The van der Waals surface area contributed by atoms with E-state index >= 15 is 0 Å². The standard InChI is InChI=1S/C14H16N2O3/c1-9(2)12(17)15-7-8-16-13(18)10-5-3-4-6-11(10)14(16)19/h3-6,9H,7-8H2,1-2H3,(H,15,17). The predicted octanol–water partition coefficient (Wildman–Crippen LogP) is 1.05. The second-order valence-corrected chi connectivity index (χ2v) is 4.75. The van der Waals surface area contributed by atoms with E-state index in [0.717, 1.165) is 0 Å². The molecular formula is C14H16N2O3. The van der Waals surface area contributed by atoms with Gasteiger partial charge in [0.1, 0.15) is 0 Å². The number of fused-ring (bicyclic) bond motifs is 1. The Bertz CT molecular complexity index is 502. The highest BCUT2D eigenvalue weighted by Crippen LogP contribution is 2.21. The summed E-state index contributed by atoms with van der Waals surface area (Å²) in [6, 6.07) is 6.74. The van der Waals surface area contributed by atoms with Crippen LogP contribution in [0.3, 0.4) is 0 Å². The van der Waals surface area contributed by atoms with Crippen LogP contribution in [0.1, 0.15) is 34.6 Å². The summed E-state index contributed by atoms with van der Waals surface area (Å²) >= 11 is 0. The smallest absolute Gasteiger partial charge is 0.261 e. The highest BCUT2D eigenvalue weighted by molar-refractivity contribution is 6.21. The molecule has 19 heavy (non-hydrogen) atoms. The fourth-order valence-electron chi connectivity index (χ4n) is 1.94. The third kappa shape index (κ3) is 2.50. The summed E-state index contributed by atoms with van der Waals surface area (Å²) in [5.41, 5.74) is 0.866. The molecule has 0 radical (unpaired) electrons. The van der Waals surface area contributed by atoms with E-state index < -0.39 is 0 Å². The van der Waals surface area contributed by atoms with Crippen molar-refractivity contribution >= 4 is 17.7 Å². The molecule has 2 rings (SSSR count). The lowest BCUT2D eigenvalue weighted by Crippen LogP contribution is -2.39. The van der Waals surface area contributed by atoms with Crippen molar-refractivity contribution in [3.05, 3.63) is 35.4 Å². The normalized spacial score (nSPS) is 13.9. The summed E-state index contributed by atoms with van der Waals surface area (Å²) < 4.78 is 0. The second-order valence-electron chi connectivity index (χ2n) is 4.75. The highest BCUT2D eigenvalue weighted by Gasteiger charge is 2.34. The van der Waals surface area contributed by atoms with Gasteiger partial charge in [-0.25, -0.2) is 0 Å². The molecule has 5 heteroatoms. The molecule has 3 amide bonds. The van der Waals surface area contributed by atoms with Crippen LogP contribution in [0.5, 0.6) is 0 Å². The summed E-state index contributed by atoms with van der Waals surface area (Å²) in [4.78, 5) is 36.6. The molecule has 0 unspecified atom stereocenters. The monoisotopic (exact) mass is 260 g/mol. The fraction of sp³-hybridized carbons (Fsp3) is 0.357. The van der Waals surface area contributed by atoms with Gasteiger partial charge in [-0.15, -0.1) is 0 Å². The SMILES string of the molecule is CC(C)C(=O)NCCN1C(=O)c2ccccc2C1=O. The first-order valence-electron chi connectivity index (χ1n) is 6.25. The number of carbonyl (C=O) groups is 3. The maximum Gasteiger partial charge on any atom is 0.261 e. The molecule has 1 aromatic carbocycles. The summed E-state index contributed by atoms with van der Waals surface area (Å²) in [5, 5.41) is 2.69. The number of carbonyl (C=O) groups excluding carboxylic acids is 3. The Morgan fingerprint density at radius 1 is 1.16 bits per heavy atom. The van der Waals surface area contributed by atoms with Crippen LogP contribution < -0.4 is 5.32 Å². The van der Waals surface area contributed by atoms with Gasteiger partial charge in [-0.2, -0.15) is 0 Å². The van der Waals surface area contributed by atoms with Crippen LogP contribution in [0, 0.1) is 5.92 Å². The molecule has 1 aromatic rings. The minimum atomic E-state index is -0.292. The number of imide groups is 1. The van der Waals surface area contributed by atoms with Gasteiger partial charge in [0.05, 0.1) is 11.1 Å². The van der Waals surface area contributed by atoms with Gasteiger partial charge in [-0.05, 0) is 12.1 Å². The zero-order valence-corrected chi connectivity index (χ0v) is 11.0. The number of nitrogens with zero attached hydrogens (tertiary/aromatic N) is 1. The van der Waals surface area contributed by atoms with E-state index in [0.29, 0.717) is 11.1 Å². The van der Waals surface area contributed by atoms with Crippen molar-refractivity contribution in [3.8, 4) is 0 Å². The van der Waals surface area contributed by atoms with Gasteiger partial charge in [0.2, 0.25) is 5.91 Å². The molecule has 0 saturated carbocycles. The third-order valence-electron chi connectivity index (χ3n) is 3.04. The lowest BCUT2D eigenvalue weighted by atomic mass is 10.1. The first-order valence-corrected chi connectivity index (χ1v) is 6.25. The molecule has 0 bridgehead atoms. The molecule has 0 aromatic heterocycles. The van der Waals surface area contributed by atoms with Crippen LogP contribution in [-0.4, -0.2) is 35.7 Å². The number of hydrogen-bond acceptors (Lipinski definition) is 3. The molecule has 0 fully saturated rings. The topological polar surface area (TPSA) is 66.5 Å². The minimum absolute atomic E-state index is 0.0865. The number of amides is 3. The van der Waals surface area contributed by atoms with Crippen molar-refractivity contribution in [1.29, 1.82) is 0 Å². The van der Waals surface area contributed by atoms with E-state index in [1.165, 1.54) is 4.90 Å². The zero-order chi connectivity index (χ0) is 14.0. The molecule has 100 valence electrons. The largest absolute Gasteiger partial charge is 0.354 e. The fourth-order valence-corrected chi connectivity index (χ4v) is 1.94. The Hall–Kier alpha value is -2.17. The molecular weight excluding hydrogens is 244 g/mol. The molecule has 1 heterocycles. The number of rotatable bonds is 4. The number of hydrogen-bond donors (Lipinski definition) is 1. The minimum Gasteiger partial charge on any atom is -0.354 e. The Morgan fingerprint density at radius 3 is 2.16 bits per heavy atom. The Morgan fingerprint density at radius 2 is 1.68 bits per heavy atom. The predicted molar refractivity (Wildman–Crippen MR) is 69.7 cm³/mol. The average Bonchev–Trinajstić information content (AvgIpc) is 2.64. The molecule has 1 aliphatic rings. The molecule has 0 spiro atoms. The molecule has 0 saturated heterocycles. The van der Waals surface area contributed by atoms with E-state index in [-0.39, 0.29) is 36.7 Å². The van der Waals surface area contributed by atoms with E-state index in [1.807, 2.05) is 0 Å². The van der Waals surface area contributed by atoms with Crippen LogP contribution >= 0.6 is 0 Å². The maximum atomic E-state index is 12.0. The summed E-state index contributed by atoms with van der Waals surface area (Å²) in [7, 11) is 0. The van der Waals surface area contributed by atoms with Crippen molar-refractivity contribution < 1.29 is 14.4 Å². The highest BCUT2D eigenvalue weighted by atomic mass is 16.2. The van der Waals surface area contributed by atoms with Crippen molar-refractivity contribution in [2.24, 2.45) is 5.92 Å². The first-order chi connectivity index (χ1) is 9.02. The third-order valence-corrected chi connectivity index (χ3v) is 3.04. The Labute approximate surface area is 111 Å². The molecule has 1 aliphatic heterocycles. The maximum absolute atomic E-state index is 12.0. The van der Waals surface area contributed by atoms with Crippen molar-refractivity contribution in [2.75, 3.05) is 13.1 Å². The van der Waals surface area contributed by atoms with E-state index in [1.54, 1.807) is 38.1 Å². The van der Waals surface area contributed by atoms with Gasteiger partial charge in [-0.1, -0.05) is 26.0 Å². The first kappa shape index (κ1) is 13.3. The van der Waals surface area contributed by atoms with Crippen LogP contribution in [0.2, 0.25) is 0 Å². The van der Waals surface area contributed by atoms with Crippen molar-refractivity contribution in [3.63, 3.8) is 0 Å².